The lowest BCUT2D eigenvalue weighted by molar-refractivity contribution is -0.0652. The van der Waals surface area contributed by atoms with E-state index in [0.29, 0.717) is 58.9 Å². The highest BCUT2D eigenvalue weighted by Gasteiger charge is 2.37. The molecule has 1 fully saturated rings. The molecule has 2 aromatic rings. The minimum atomic E-state index is -3.55. The molecule has 198 valence electrons. The first-order chi connectivity index (χ1) is 17.1. The summed E-state index contributed by atoms with van der Waals surface area (Å²) in [5.41, 5.74) is 1.08. The zero-order valence-corrected chi connectivity index (χ0v) is 22.8. The van der Waals surface area contributed by atoms with E-state index in [2.05, 4.69) is 0 Å². The molecular formula is C24H29Cl2NO8S. The highest BCUT2D eigenvalue weighted by molar-refractivity contribution is 7.85. The Bertz CT molecular complexity index is 1170. The summed E-state index contributed by atoms with van der Waals surface area (Å²) in [5, 5.41) is 0.733. The van der Waals surface area contributed by atoms with Crippen LogP contribution in [0, 0.1) is 0 Å². The third kappa shape index (κ3) is 6.74. The normalized spacial score (nSPS) is 18.1. The van der Waals surface area contributed by atoms with Gasteiger partial charge in [0, 0.05) is 12.1 Å². The van der Waals surface area contributed by atoms with Crippen molar-refractivity contribution < 1.29 is 36.3 Å². The number of hydrogen-bond donors (Lipinski definition) is 0. The molecule has 1 saturated heterocycles. The second-order valence-corrected chi connectivity index (χ2v) is 10.6. The van der Waals surface area contributed by atoms with Crippen LogP contribution in [0.3, 0.4) is 0 Å². The lowest BCUT2D eigenvalue weighted by atomic mass is 9.94. The van der Waals surface area contributed by atoms with Gasteiger partial charge in [-0.3, -0.25) is 8.98 Å². The van der Waals surface area contributed by atoms with E-state index >= 15 is 0 Å². The second-order valence-electron chi connectivity index (χ2n) is 8.11. The van der Waals surface area contributed by atoms with E-state index in [1.165, 1.54) is 21.3 Å². The summed E-state index contributed by atoms with van der Waals surface area (Å²) in [6.07, 6.45) is 1.41. The van der Waals surface area contributed by atoms with Crippen LogP contribution in [0.25, 0.3) is 0 Å². The second kappa shape index (κ2) is 12.3. The smallest absolute Gasteiger partial charge is 0.264 e. The number of carbonyl (C=O) groups is 1. The molecule has 1 unspecified atom stereocenters. The standard InChI is InChI=1S/C24H29Cl2NO8S/c1-31-20-13-16(14-21(32-2)23(20)33-3)24(28)27-9-11-34-19(6-5-10-35-36(4,29)30)22(27)15-7-8-17(25)18(26)12-15/h7-8,12-14,19,22H,5-6,9-11H2,1-4H3/t19-,22?/m1/s1. The van der Waals surface area contributed by atoms with Crippen molar-refractivity contribution in [3.63, 3.8) is 0 Å². The average molecular weight is 562 g/mol. The summed E-state index contributed by atoms with van der Waals surface area (Å²) in [4.78, 5) is 15.5. The molecule has 9 nitrogen and oxygen atoms in total. The van der Waals surface area contributed by atoms with E-state index in [0.717, 1.165) is 11.8 Å². The first kappa shape index (κ1) is 28.3. The lowest BCUT2D eigenvalue weighted by Gasteiger charge is -2.42. The molecule has 1 aliphatic heterocycles. The Morgan fingerprint density at radius 3 is 2.28 bits per heavy atom. The molecule has 1 amide bonds. The number of rotatable bonds is 10. The first-order valence-electron chi connectivity index (χ1n) is 11.1. The van der Waals surface area contributed by atoms with Crippen molar-refractivity contribution in [2.75, 3.05) is 47.3 Å². The summed E-state index contributed by atoms with van der Waals surface area (Å²) in [6.45, 7) is 0.621. The van der Waals surface area contributed by atoms with E-state index in [1.807, 2.05) is 0 Å². The predicted molar refractivity (Wildman–Crippen MR) is 136 cm³/mol. The highest BCUT2D eigenvalue weighted by Crippen LogP contribution is 2.40. The predicted octanol–water partition coefficient (Wildman–Crippen LogP) is 4.36. The van der Waals surface area contributed by atoms with Gasteiger partial charge in [-0.25, -0.2) is 0 Å². The fraction of sp³-hybridized carbons (Fsp3) is 0.458. The Balaban J connectivity index is 1.97. The van der Waals surface area contributed by atoms with E-state index in [4.69, 9.17) is 46.3 Å². The van der Waals surface area contributed by atoms with Gasteiger partial charge < -0.3 is 23.8 Å². The van der Waals surface area contributed by atoms with Gasteiger partial charge in [0.15, 0.2) is 11.5 Å². The molecule has 0 aliphatic carbocycles. The zero-order valence-electron chi connectivity index (χ0n) is 20.5. The van der Waals surface area contributed by atoms with Gasteiger partial charge in [0.2, 0.25) is 5.75 Å². The van der Waals surface area contributed by atoms with Crippen LogP contribution in [0.5, 0.6) is 17.2 Å². The number of methoxy groups -OCH3 is 3. The van der Waals surface area contributed by atoms with Gasteiger partial charge in [0.25, 0.3) is 16.0 Å². The van der Waals surface area contributed by atoms with Crippen LogP contribution in [-0.4, -0.2) is 72.7 Å². The molecule has 0 saturated carbocycles. The van der Waals surface area contributed by atoms with Crippen LogP contribution in [0.4, 0.5) is 0 Å². The van der Waals surface area contributed by atoms with Crippen molar-refractivity contribution in [3.05, 3.63) is 51.5 Å². The molecule has 0 N–H and O–H groups in total. The van der Waals surface area contributed by atoms with Gasteiger partial charge in [0.1, 0.15) is 0 Å². The van der Waals surface area contributed by atoms with E-state index in [1.54, 1.807) is 35.2 Å². The number of halogens is 2. The van der Waals surface area contributed by atoms with Gasteiger partial charge in [-0.2, -0.15) is 8.42 Å². The van der Waals surface area contributed by atoms with Crippen molar-refractivity contribution in [2.24, 2.45) is 0 Å². The quantitative estimate of drug-likeness (QED) is 0.311. The Morgan fingerprint density at radius 2 is 1.72 bits per heavy atom. The molecule has 0 aromatic heterocycles. The number of morpholine rings is 1. The number of benzene rings is 2. The van der Waals surface area contributed by atoms with Gasteiger partial charge in [-0.05, 0) is 42.7 Å². The summed E-state index contributed by atoms with van der Waals surface area (Å²) in [6, 6.07) is 7.85. The van der Waals surface area contributed by atoms with Crippen LogP contribution >= 0.6 is 23.2 Å². The molecule has 3 rings (SSSR count). The third-order valence-electron chi connectivity index (χ3n) is 5.74. The maximum Gasteiger partial charge on any atom is 0.264 e. The van der Waals surface area contributed by atoms with Gasteiger partial charge in [0.05, 0.1) is 63.0 Å². The van der Waals surface area contributed by atoms with Gasteiger partial charge in [-0.15, -0.1) is 0 Å². The molecule has 0 bridgehead atoms. The number of carbonyl (C=O) groups excluding carboxylic acids is 1. The third-order valence-corrected chi connectivity index (χ3v) is 7.07. The topological polar surface area (TPSA) is 101 Å². The lowest BCUT2D eigenvalue weighted by Crippen LogP contribution is -2.48. The molecule has 0 radical (unpaired) electrons. The molecular weight excluding hydrogens is 533 g/mol. The van der Waals surface area contributed by atoms with Crippen LogP contribution in [0.15, 0.2) is 30.3 Å². The summed E-state index contributed by atoms with van der Waals surface area (Å²) in [5.74, 6) is 0.817. The van der Waals surface area contributed by atoms with Crippen LogP contribution in [0.2, 0.25) is 10.0 Å². The molecule has 0 spiro atoms. The van der Waals surface area contributed by atoms with E-state index in [9.17, 15) is 13.2 Å². The molecule has 36 heavy (non-hydrogen) atoms. The number of nitrogens with zero attached hydrogens (tertiary/aromatic N) is 1. The Hall–Kier alpha value is -2.24. The van der Waals surface area contributed by atoms with E-state index in [-0.39, 0.29) is 12.5 Å². The molecule has 2 aromatic carbocycles. The maximum absolute atomic E-state index is 13.8. The Kier molecular flexibility index (Phi) is 9.71. The van der Waals surface area contributed by atoms with Crippen molar-refractivity contribution >= 4 is 39.2 Å². The monoisotopic (exact) mass is 561 g/mol. The number of amides is 1. The molecule has 2 atom stereocenters. The molecule has 1 aliphatic rings. The molecule has 12 heteroatoms. The highest BCUT2D eigenvalue weighted by atomic mass is 35.5. The summed E-state index contributed by atoms with van der Waals surface area (Å²) >= 11 is 12.4. The SMILES string of the molecule is COc1cc(C(=O)N2CCO[C@H](CCCOS(C)(=O)=O)C2c2ccc(Cl)c(Cl)c2)cc(OC)c1OC. The number of ether oxygens (including phenoxy) is 4. The van der Waals surface area contributed by atoms with Gasteiger partial charge >= 0.3 is 0 Å². The van der Waals surface area contributed by atoms with Crippen molar-refractivity contribution in [3.8, 4) is 17.2 Å². The maximum atomic E-state index is 13.8. The fourth-order valence-corrected chi connectivity index (χ4v) is 4.89. The minimum absolute atomic E-state index is 0.00755. The van der Waals surface area contributed by atoms with Crippen LogP contribution < -0.4 is 14.2 Å². The fourth-order valence-electron chi connectivity index (χ4n) is 4.16. The number of hydrogen-bond acceptors (Lipinski definition) is 8. The summed E-state index contributed by atoms with van der Waals surface area (Å²) < 4.78 is 49.8. The van der Waals surface area contributed by atoms with Crippen LogP contribution in [-0.2, 0) is 19.0 Å². The van der Waals surface area contributed by atoms with Gasteiger partial charge in [-0.1, -0.05) is 29.3 Å². The van der Waals surface area contributed by atoms with Crippen molar-refractivity contribution in [2.45, 2.75) is 25.0 Å². The Labute approximate surface area is 221 Å². The Morgan fingerprint density at radius 1 is 1.06 bits per heavy atom. The first-order valence-corrected chi connectivity index (χ1v) is 13.7. The average Bonchev–Trinajstić information content (AvgIpc) is 2.86. The molecule has 1 heterocycles. The minimum Gasteiger partial charge on any atom is -0.493 e. The zero-order chi connectivity index (χ0) is 26.5. The van der Waals surface area contributed by atoms with Crippen LogP contribution in [0.1, 0.15) is 34.8 Å². The van der Waals surface area contributed by atoms with Crippen molar-refractivity contribution in [1.29, 1.82) is 0 Å². The van der Waals surface area contributed by atoms with E-state index < -0.39 is 22.3 Å². The summed E-state index contributed by atoms with van der Waals surface area (Å²) in [7, 11) is 0.894. The van der Waals surface area contributed by atoms with Crippen molar-refractivity contribution in [1.82, 2.24) is 4.90 Å². The largest absolute Gasteiger partial charge is 0.493 e.